The Kier molecular flexibility index (Phi) is 5.04. The van der Waals surface area contributed by atoms with Crippen LogP contribution in [0.5, 0.6) is 0 Å². The van der Waals surface area contributed by atoms with Crippen molar-refractivity contribution in [1.29, 1.82) is 0 Å². The molecule has 3 rings (SSSR count). The molecule has 134 valence electrons. The van der Waals surface area contributed by atoms with Gasteiger partial charge in [-0.15, -0.1) is 13.2 Å². The minimum Gasteiger partial charge on any atom is -0.365 e. The smallest absolute Gasteiger partial charge is 0.365 e. The zero-order chi connectivity index (χ0) is 18.6. The first-order valence-electron chi connectivity index (χ1n) is 7.73. The zero-order valence-electron chi connectivity index (χ0n) is 13.5. The van der Waals surface area contributed by atoms with Gasteiger partial charge in [0.25, 0.3) is 0 Å². The summed E-state index contributed by atoms with van der Waals surface area (Å²) in [5.41, 5.74) is 0. The average molecular weight is 376 g/mol. The van der Waals surface area contributed by atoms with Gasteiger partial charge in [0.05, 0.1) is 0 Å². The second kappa shape index (κ2) is 7.25. The molecule has 6 heteroatoms. The minimum absolute atomic E-state index is 0.478. The quantitative estimate of drug-likeness (QED) is 0.480. The van der Waals surface area contributed by atoms with Crippen molar-refractivity contribution in [3.8, 4) is 0 Å². The summed E-state index contributed by atoms with van der Waals surface area (Å²) in [6.45, 7) is 0. The maximum absolute atomic E-state index is 13.0. The van der Waals surface area contributed by atoms with Crippen LogP contribution in [0.2, 0.25) is 0 Å². The van der Waals surface area contributed by atoms with E-state index in [1.807, 2.05) is 0 Å². The lowest BCUT2D eigenvalue weighted by atomic mass is 10.4. The molecule has 2 nitrogen and oxygen atoms in total. The van der Waals surface area contributed by atoms with Crippen LogP contribution in [-0.4, -0.2) is 11.7 Å². The van der Waals surface area contributed by atoms with Crippen LogP contribution in [0.1, 0.15) is 0 Å². The number of hydrogen-bond acceptors (Lipinski definition) is 2. The second-order valence-corrected chi connectivity index (χ2v) is 8.32. The largest absolute Gasteiger partial charge is 0.575 e. The van der Waals surface area contributed by atoms with Gasteiger partial charge in [-0.3, -0.25) is 0 Å². The van der Waals surface area contributed by atoms with Crippen LogP contribution in [-0.2, 0) is 4.74 Å². The first kappa shape index (κ1) is 18.1. The molecule has 0 heterocycles. The maximum Gasteiger partial charge on any atom is 0.575 e. The van der Waals surface area contributed by atoms with Crippen molar-refractivity contribution < 1.29 is 22.7 Å². The molecule has 0 aromatic heterocycles. The van der Waals surface area contributed by atoms with E-state index >= 15 is 0 Å². The fraction of sp³-hybridized carbons (Fsp3) is 0.0500. The Balaban J connectivity index is 2.34. The number of benzene rings is 3. The molecule has 3 aromatic carbocycles. The molecule has 0 amide bonds. The van der Waals surface area contributed by atoms with Crippen molar-refractivity contribution in [1.82, 2.24) is 0 Å². The molecule has 0 unspecified atom stereocenters. The highest BCUT2D eigenvalue weighted by atomic mass is 32.3. The Bertz CT molecular complexity index is 769. The Labute approximate surface area is 150 Å². The Morgan fingerprint density at radius 3 is 1.23 bits per heavy atom. The molecule has 0 N–H and O–H groups in total. The number of ether oxygens (including phenoxy) is 1. The summed E-state index contributed by atoms with van der Waals surface area (Å²) < 4.78 is 42.8. The third-order valence-electron chi connectivity index (χ3n) is 3.74. The molecule has 0 atom stereocenters. The third kappa shape index (κ3) is 3.46. The first-order chi connectivity index (χ1) is 12.4. The topological polar surface area (TPSA) is 26.3 Å². The highest BCUT2D eigenvalue weighted by Crippen LogP contribution is 2.69. The van der Waals surface area contributed by atoms with Gasteiger partial charge < -0.3 is 4.74 Å². The summed E-state index contributed by atoms with van der Waals surface area (Å²) >= 11 is 0. The van der Waals surface area contributed by atoms with Gasteiger partial charge >= 0.3 is 11.7 Å². The van der Waals surface area contributed by atoms with Gasteiger partial charge in [0, 0.05) is 14.7 Å². The van der Waals surface area contributed by atoms with Crippen LogP contribution in [0, 0.1) is 0 Å². The van der Waals surface area contributed by atoms with Gasteiger partial charge in [-0.05, 0) is 36.4 Å². The average Bonchev–Trinajstić information content (AvgIpc) is 2.64. The van der Waals surface area contributed by atoms with Crippen molar-refractivity contribution in [3.05, 3.63) is 91.0 Å². The highest BCUT2D eigenvalue weighted by molar-refractivity contribution is 8.45. The Morgan fingerprint density at radius 2 is 0.962 bits per heavy atom. The molecule has 0 aliphatic carbocycles. The molecular formula is C20H15F3O2S. The number of carbonyl (C=O) groups excluding carboxylic acids is 1. The zero-order valence-corrected chi connectivity index (χ0v) is 14.3. The predicted molar refractivity (Wildman–Crippen MR) is 94.3 cm³/mol. The van der Waals surface area contributed by atoms with Crippen LogP contribution in [0.25, 0.3) is 0 Å². The van der Waals surface area contributed by atoms with Gasteiger partial charge in [0.2, 0.25) is 0 Å². The van der Waals surface area contributed by atoms with E-state index < -0.39 is 21.7 Å². The van der Waals surface area contributed by atoms with Crippen molar-refractivity contribution in [2.24, 2.45) is 0 Å². The lowest BCUT2D eigenvalue weighted by molar-refractivity contribution is -0.287. The van der Waals surface area contributed by atoms with Gasteiger partial charge in [0.1, 0.15) is 0 Å². The van der Waals surface area contributed by atoms with E-state index in [9.17, 15) is 18.0 Å². The lowest BCUT2D eigenvalue weighted by Crippen LogP contribution is -2.24. The first-order valence-corrected chi connectivity index (χ1v) is 9.36. The van der Waals surface area contributed by atoms with E-state index in [1.165, 1.54) is 0 Å². The Hall–Kier alpha value is -2.73. The molecule has 3 aromatic rings. The summed E-state index contributed by atoms with van der Waals surface area (Å²) in [6.07, 6.45) is -5.06. The highest BCUT2D eigenvalue weighted by Gasteiger charge is 2.46. The molecule has 26 heavy (non-hydrogen) atoms. The number of rotatable bonds is 3. The van der Waals surface area contributed by atoms with Crippen molar-refractivity contribution in [2.75, 3.05) is 0 Å². The molecular weight excluding hydrogens is 361 g/mol. The summed E-state index contributed by atoms with van der Waals surface area (Å²) in [7, 11) is -2.93. The maximum atomic E-state index is 13.0. The van der Waals surface area contributed by atoms with Crippen molar-refractivity contribution in [3.63, 3.8) is 0 Å². The van der Waals surface area contributed by atoms with Gasteiger partial charge in [-0.1, -0.05) is 64.6 Å². The molecule has 0 radical (unpaired) electrons. The van der Waals surface area contributed by atoms with E-state index in [4.69, 9.17) is 0 Å². The summed E-state index contributed by atoms with van der Waals surface area (Å²) in [6, 6.07) is 25.4. The van der Waals surface area contributed by atoms with Crippen molar-refractivity contribution in [2.45, 2.75) is 21.0 Å². The number of halogens is 3. The fourth-order valence-electron chi connectivity index (χ4n) is 2.73. The SMILES string of the molecule is O=C(OC(F)(F)F)S(c1ccccc1)(c1ccccc1)c1ccccc1. The second-order valence-electron chi connectivity index (χ2n) is 5.35. The van der Waals surface area contributed by atoms with E-state index in [1.54, 1.807) is 91.0 Å². The summed E-state index contributed by atoms with van der Waals surface area (Å²) in [5, 5.41) is -1.31. The van der Waals surface area contributed by atoms with Crippen molar-refractivity contribution >= 4 is 15.3 Å². The number of alkyl halides is 3. The number of hydrogen-bond donors (Lipinski definition) is 0. The Morgan fingerprint density at radius 1 is 0.654 bits per heavy atom. The van der Waals surface area contributed by atoms with Crippen LogP contribution >= 0.6 is 10.0 Å². The molecule has 0 saturated heterocycles. The predicted octanol–water partition coefficient (Wildman–Crippen LogP) is 6.62. The standard InChI is InChI=1S/C20H15F3O2S/c21-20(22,23)25-19(24)26(16-10-4-1-5-11-16,17-12-6-2-7-13-17)18-14-8-3-9-15-18/h1-15H. The minimum atomic E-state index is -5.06. The van der Waals surface area contributed by atoms with E-state index in [-0.39, 0.29) is 0 Å². The molecule has 0 saturated carbocycles. The summed E-state index contributed by atoms with van der Waals surface area (Å²) in [4.78, 5) is 14.4. The van der Waals surface area contributed by atoms with E-state index in [0.717, 1.165) is 0 Å². The normalized spacial score (nSPS) is 12.4. The third-order valence-corrected chi connectivity index (χ3v) is 7.26. The molecule has 0 bridgehead atoms. The molecule has 0 aliphatic rings. The molecule has 0 fully saturated rings. The van der Waals surface area contributed by atoms with Gasteiger partial charge in [-0.25, -0.2) is 4.79 Å². The summed E-state index contributed by atoms with van der Waals surface area (Å²) in [5.74, 6) is 0. The molecule has 0 aliphatic heterocycles. The van der Waals surface area contributed by atoms with Gasteiger partial charge in [-0.2, -0.15) is 0 Å². The van der Waals surface area contributed by atoms with E-state index in [0.29, 0.717) is 14.7 Å². The van der Waals surface area contributed by atoms with E-state index in [2.05, 4.69) is 4.74 Å². The fourth-order valence-corrected chi connectivity index (χ4v) is 6.04. The lowest BCUT2D eigenvalue weighted by Gasteiger charge is -2.38. The van der Waals surface area contributed by atoms with Gasteiger partial charge in [0.15, 0.2) is 0 Å². The van der Waals surface area contributed by atoms with Crippen LogP contribution in [0.4, 0.5) is 18.0 Å². The van der Waals surface area contributed by atoms with Crippen LogP contribution in [0.15, 0.2) is 106 Å². The van der Waals surface area contributed by atoms with Crippen LogP contribution < -0.4 is 0 Å². The molecule has 0 spiro atoms. The monoisotopic (exact) mass is 376 g/mol. The van der Waals surface area contributed by atoms with Crippen LogP contribution in [0.3, 0.4) is 0 Å². The number of carbonyl (C=O) groups is 1.